The van der Waals surface area contributed by atoms with Crippen LogP contribution >= 0.6 is 0 Å². The van der Waals surface area contributed by atoms with Gasteiger partial charge in [-0.1, -0.05) is 19.1 Å². The lowest BCUT2D eigenvalue weighted by molar-refractivity contribution is -0.967. The number of nitrogens with one attached hydrogen (secondary N) is 1. The Morgan fingerprint density at radius 1 is 1.00 bits per heavy atom. The molecule has 0 bridgehead atoms. The van der Waals surface area contributed by atoms with E-state index in [4.69, 9.17) is 18.9 Å². The topological polar surface area (TPSA) is 41.4 Å². The average Bonchev–Trinajstić information content (AvgIpc) is 3.40. The number of fused-ring (bicyclic) bond motifs is 2. The molecule has 0 unspecified atom stereocenters. The third-order valence-corrected chi connectivity index (χ3v) is 6.91. The van der Waals surface area contributed by atoms with Crippen LogP contribution in [0, 0.1) is 5.92 Å². The number of ether oxygens (including phenoxy) is 4. The van der Waals surface area contributed by atoms with Crippen molar-refractivity contribution in [2.45, 2.75) is 38.3 Å². The molecule has 3 atom stereocenters. The molecule has 5 nitrogen and oxygen atoms in total. The molecule has 0 spiro atoms. The SMILES string of the molecule is COc1ccc([C@H]2c3cc4c(cc3O[C@@](C)([NH+]3CCCC3)[C@H]2C)OCO4)cc1. The van der Waals surface area contributed by atoms with Crippen LogP contribution in [-0.2, 0) is 0 Å². The summed E-state index contributed by atoms with van der Waals surface area (Å²) in [6.45, 7) is 7.21. The van der Waals surface area contributed by atoms with E-state index >= 15 is 0 Å². The highest BCUT2D eigenvalue weighted by molar-refractivity contribution is 5.56. The minimum Gasteiger partial charge on any atom is -0.497 e. The van der Waals surface area contributed by atoms with Crippen LogP contribution in [0.5, 0.6) is 23.0 Å². The Balaban J connectivity index is 1.64. The molecule has 5 rings (SSSR count). The number of quaternary nitrogens is 1. The molecule has 0 aliphatic carbocycles. The van der Waals surface area contributed by atoms with Crippen molar-refractivity contribution in [2.75, 3.05) is 27.0 Å². The monoisotopic (exact) mass is 382 g/mol. The first-order valence-electron chi connectivity index (χ1n) is 10.2. The summed E-state index contributed by atoms with van der Waals surface area (Å²) >= 11 is 0. The molecule has 3 aliphatic heterocycles. The lowest BCUT2D eigenvalue weighted by Gasteiger charge is -2.47. The van der Waals surface area contributed by atoms with Crippen molar-refractivity contribution < 1.29 is 23.8 Å². The van der Waals surface area contributed by atoms with E-state index in [0.717, 1.165) is 36.1 Å². The second kappa shape index (κ2) is 6.59. The van der Waals surface area contributed by atoms with Gasteiger partial charge < -0.3 is 18.9 Å². The molecule has 5 heteroatoms. The Labute approximate surface area is 166 Å². The molecule has 1 N–H and O–H groups in total. The summed E-state index contributed by atoms with van der Waals surface area (Å²) in [6, 6.07) is 12.6. The average molecular weight is 382 g/mol. The summed E-state index contributed by atoms with van der Waals surface area (Å²) in [4.78, 5) is 1.54. The molecule has 148 valence electrons. The normalized spacial score (nSPS) is 28.7. The van der Waals surface area contributed by atoms with Gasteiger partial charge in [-0.05, 0) is 23.8 Å². The van der Waals surface area contributed by atoms with Gasteiger partial charge in [-0.2, -0.15) is 0 Å². The quantitative estimate of drug-likeness (QED) is 0.886. The van der Waals surface area contributed by atoms with E-state index in [-0.39, 0.29) is 18.4 Å². The van der Waals surface area contributed by atoms with Gasteiger partial charge in [0.1, 0.15) is 11.5 Å². The van der Waals surface area contributed by atoms with Gasteiger partial charge in [0.25, 0.3) is 0 Å². The molecule has 2 aromatic rings. The maximum atomic E-state index is 6.74. The lowest BCUT2D eigenvalue weighted by Crippen LogP contribution is -3.20. The highest BCUT2D eigenvalue weighted by Crippen LogP contribution is 2.50. The third kappa shape index (κ3) is 2.64. The van der Waals surface area contributed by atoms with Gasteiger partial charge in [-0.25, -0.2) is 0 Å². The number of hydrogen-bond donors (Lipinski definition) is 1. The van der Waals surface area contributed by atoms with Crippen LogP contribution in [0.15, 0.2) is 36.4 Å². The van der Waals surface area contributed by atoms with Gasteiger partial charge in [0.15, 0.2) is 11.5 Å². The third-order valence-electron chi connectivity index (χ3n) is 6.91. The predicted octanol–water partition coefficient (Wildman–Crippen LogP) is 2.98. The summed E-state index contributed by atoms with van der Waals surface area (Å²) in [7, 11) is 1.70. The minimum atomic E-state index is -0.276. The first-order chi connectivity index (χ1) is 13.6. The fourth-order valence-electron chi connectivity index (χ4n) is 5.15. The van der Waals surface area contributed by atoms with E-state index in [9.17, 15) is 0 Å². The van der Waals surface area contributed by atoms with Crippen molar-refractivity contribution in [3.63, 3.8) is 0 Å². The van der Waals surface area contributed by atoms with Crippen LogP contribution < -0.4 is 23.8 Å². The maximum Gasteiger partial charge on any atom is 0.242 e. The van der Waals surface area contributed by atoms with Gasteiger partial charge in [0.05, 0.1) is 26.1 Å². The number of methoxy groups -OCH3 is 1. The Kier molecular flexibility index (Phi) is 4.16. The molecule has 28 heavy (non-hydrogen) atoms. The van der Waals surface area contributed by atoms with Gasteiger partial charge in [0, 0.05) is 37.3 Å². The Hall–Kier alpha value is -2.40. The molecule has 2 aromatic carbocycles. The molecular formula is C23H28NO4+. The van der Waals surface area contributed by atoms with Crippen molar-refractivity contribution in [3.8, 4) is 23.0 Å². The van der Waals surface area contributed by atoms with Crippen molar-refractivity contribution in [1.29, 1.82) is 0 Å². The van der Waals surface area contributed by atoms with Crippen LogP contribution in [-0.4, -0.2) is 32.7 Å². The molecule has 0 radical (unpaired) electrons. The van der Waals surface area contributed by atoms with Crippen molar-refractivity contribution in [3.05, 3.63) is 47.5 Å². The summed E-state index contributed by atoms with van der Waals surface area (Å²) in [5, 5.41) is 0. The van der Waals surface area contributed by atoms with Crippen molar-refractivity contribution in [2.24, 2.45) is 5.92 Å². The first kappa shape index (κ1) is 17.7. The summed E-state index contributed by atoms with van der Waals surface area (Å²) in [5.41, 5.74) is 2.18. The van der Waals surface area contributed by atoms with E-state index < -0.39 is 0 Å². The fraction of sp³-hybridized carbons (Fsp3) is 0.478. The van der Waals surface area contributed by atoms with E-state index in [1.54, 1.807) is 12.0 Å². The lowest BCUT2D eigenvalue weighted by atomic mass is 9.74. The molecule has 1 saturated heterocycles. The molecule has 3 aliphatic rings. The van der Waals surface area contributed by atoms with Crippen LogP contribution in [0.4, 0.5) is 0 Å². The van der Waals surface area contributed by atoms with Gasteiger partial charge >= 0.3 is 0 Å². The minimum absolute atomic E-state index is 0.224. The van der Waals surface area contributed by atoms with Crippen LogP contribution in [0.25, 0.3) is 0 Å². The van der Waals surface area contributed by atoms with Gasteiger partial charge in [0.2, 0.25) is 12.5 Å². The van der Waals surface area contributed by atoms with E-state index in [0.29, 0.717) is 5.92 Å². The first-order valence-corrected chi connectivity index (χ1v) is 10.2. The van der Waals surface area contributed by atoms with E-state index in [1.165, 1.54) is 24.0 Å². The number of likely N-dealkylation sites (tertiary alicyclic amines) is 1. The fourth-order valence-corrected chi connectivity index (χ4v) is 5.15. The number of hydrogen-bond acceptors (Lipinski definition) is 4. The highest BCUT2D eigenvalue weighted by Gasteiger charge is 2.52. The van der Waals surface area contributed by atoms with Gasteiger partial charge in [-0.15, -0.1) is 0 Å². The maximum absolute atomic E-state index is 6.74. The molecule has 0 aromatic heterocycles. The summed E-state index contributed by atoms with van der Waals surface area (Å²) in [6.07, 6.45) is 2.53. The number of rotatable bonds is 3. The summed E-state index contributed by atoms with van der Waals surface area (Å²) < 4.78 is 23.4. The van der Waals surface area contributed by atoms with Crippen LogP contribution in [0.3, 0.4) is 0 Å². The number of benzene rings is 2. The standard InChI is InChI=1S/C23H27NO4/c1-15-22(16-6-8-17(25-3)9-7-16)18-12-20-21(27-14-26-20)13-19(18)28-23(15,2)24-10-4-5-11-24/h6-9,12-13,15,22H,4-5,10-11,14H2,1-3H3/p+1/t15-,22-,23+/m0/s1. The Morgan fingerprint density at radius 3 is 2.36 bits per heavy atom. The Bertz CT molecular complexity index is 875. The Morgan fingerprint density at radius 2 is 1.68 bits per heavy atom. The zero-order valence-electron chi connectivity index (χ0n) is 16.8. The summed E-state index contributed by atoms with van der Waals surface area (Å²) in [5.74, 6) is 3.92. The predicted molar refractivity (Wildman–Crippen MR) is 106 cm³/mol. The van der Waals surface area contributed by atoms with Crippen molar-refractivity contribution in [1.82, 2.24) is 0 Å². The largest absolute Gasteiger partial charge is 0.497 e. The molecule has 0 amide bonds. The zero-order chi connectivity index (χ0) is 19.3. The molecule has 1 fully saturated rings. The van der Waals surface area contributed by atoms with Crippen LogP contribution in [0.2, 0.25) is 0 Å². The smallest absolute Gasteiger partial charge is 0.242 e. The highest BCUT2D eigenvalue weighted by atomic mass is 16.7. The second-order valence-electron chi connectivity index (χ2n) is 8.30. The van der Waals surface area contributed by atoms with E-state index in [1.807, 2.05) is 18.2 Å². The van der Waals surface area contributed by atoms with Gasteiger partial charge in [-0.3, -0.25) is 4.90 Å². The molecule has 3 heterocycles. The molecular weight excluding hydrogens is 354 g/mol. The second-order valence-corrected chi connectivity index (χ2v) is 8.30. The van der Waals surface area contributed by atoms with Crippen LogP contribution in [0.1, 0.15) is 43.7 Å². The zero-order valence-corrected chi connectivity index (χ0v) is 16.8. The molecule has 0 saturated carbocycles. The van der Waals surface area contributed by atoms with E-state index in [2.05, 4.69) is 32.0 Å². The van der Waals surface area contributed by atoms with Crippen molar-refractivity contribution >= 4 is 0 Å².